The van der Waals surface area contributed by atoms with Crippen LogP contribution in [-0.2, 0) is 13.0 Å². The molecule has 0 atom stereocenters. The molecule has 0 saturated carbocycles. The highest BCUT2D eigenvalue weighted by Crippen LogP contribution is 2.17. The SMILES string of the molecule is CCc1ccc(C(=O)NCc2nc(C)cs2)s1. The average Bonchev–Trinajstić information content (AvgIpc) is 2.94. The van der Waals surface area contributed by atoms with Crippen LogP contribution in [0.4, 0.5) is 0 Å². The van der Waals surface area contributed by atoms with Crippen molar-refractivity contribution >= 4 is 28.6 Å². The van der Waals surface area contributed by atoms with Crippen molar-refractivity contribution in [2.24, 2.45) is 0 Å². The lowest BCUT2D eigenvalue weighted by atomic mass is 10.3. The average molecular weight is 266 g/mol. The Kier molecular flexibility index (Phi) is 3.91. The van der Waals surface area contributed by atoms with Crippen LogP contribution in [0.15, 0.2) is 17.5 Å². The van der Waals surface area contributed by atoms with E-state index in [1.54, 1.807) is 22.7 Å². The van der Waals surface area contributed by atoms with Gasteiger partial charge >= 0.3 is 0 Å². The van der Waals surface area contributed by atoms with Crippen LogP contribution in [0.2, 0.25) is 0 Å². The van der Waals surface area contributed by atoms with E-state index < -0.39 is 0 Å². The van der Waals surface area contributed by atoms with Gasteiger partial charge in [-0.25, -0.2) is 4.98 Å². The zero-order valence-corrected chi connectivity index (χ0v) is 11.5. The molecule has 1 N–H and O–H groups in total. The molecule has 0 unspecified atom stereocenters. The van der Waals surface area contributed by atoms with Crippen molar-refractivity contribution in [3.8, 4) is 0 Å². The lowest BCUT2D eigenvalue weighted by Gasteiger charge is -1.99. The molecule has 0 spiro atoms. The predicted molar refractivity (Wildman–Crippen MR) is 71.7 cm³/mol. The smallest absolute Gasteiger partial charge is 0.261 e. The third-order valence-corrected chi connectivity index (χ3v) is 4.50. The number of thiazole rings is 1. The topological polar surface area (TPSA) is 42.0 Å². The summed E-state index contributed by atoms with van der Waals surface area (Å²) in [6, 6.07) is 3.89. The van der Waals surface area contributed by atoms with Gasteiger partial charge in [-0.3, -0.25) is 4.79 Å². The summed E-state index contributed by atoms with van der Waals surface area (Å²) >= 11 is 3.13. The first-order valence-electron chi connectivity index (χ1n) is 5.47. The number of aromatic nitrogens is 1. The van der Waals surface area contributed by atoms with Crippen LogP contribution in [0.1, 0.15) is 32.2 Å². The third kappa shape index (κ3) is 3.14. The predicted octanol–water partition coefficient (Wildman–Crippen LogP) is 3.01. The van der Waals surface area contributed by atoms with E-state index >= 15 is 0 Å². The number of hydrogen-bond acceptors (Lipinski definition) is 4. The van der Waals surface area contributed by atoms with Crippen LogP contribution in [-0.4, -0.2) is 10.9 Å². The van der Waals surface area contributed by atoms with Gasteiger partial charge < -0.3 is 5.32 Å². The van der Waals surface area contributed by atoms with Gasteiger partial charge in [0.25, 0.3) is 5.91 Å². The number of carbonyl (C=O) groups excluding carboxylic acids is 1. The summed E-state index contributed by atoms with van der Waals surface area (Å²) in [5.41, 5.74) is 1.00. The molecule has 5 heteroatoms. The Morgan fingerprint density at radius 1 is 1.47 bits per heavy atom. The highest BCUT2D eigenvalue weighted by Gasteiger charge is 2.09. The Bertz CT molecular complexity index is 516. The molecule has 0 aliphatic rings. The van der Waals surface area contributed by atoms with E-state index in [0.29, 0.717) is 6.54 Å². The van der Waals surface area contributed by atoms with Crippen LogP contribution < -0.4 is 5.32 Å². The molecule has 2 aromatic heterocycles. The molecule has 0 saturated heterocycles. The molecular formula is C12H14N2OS2. The van der Waals surface area contributed by atoms with Crippen molar-refractivity contribution in [1.29, 1.82) is 0 Å². The Labute approximate surface area is 109 Å². The molecule has 2 rings (SSSR count). The minimum atomic E-state index is -0.0115. The van der Waals surface area contributed by atoms with Crippen LogP contribution in [0, 0.1) is 6.92 Å². The number of rotatable bonds is 4. The molecule has 17 heavy (non-hydrogen) atoms. The zero-order valence-electron chi connectivity index (χ0n) is 9.82. The Morgan fingerprint density at radius 2 is 2.29 bits per heavy atom. The largest absolute Gasteiger partial charge is 0.345 e. The normalized spacial score (nSPS) is 10.5. The van der Waals surface area contributed by atoms with Gasteiger partial charge in [0.15, 0.2) is 0 Å². The van der Waals surface area contributed by atoms with Crippen molar-refractivity contribution in [2.75, 3.05) is 0 Å². The third-order valence-electron chi connectivity index (χ3n) is 2.30. The lowest BCUT2D eigenvalue weighted by molar-refractivity contribution is 0.0955. The number of thiophene rings is 1. The first kappa shape index (κ1) is 12.3. The summed E-state index contributed by atoms with van der Waals surface area (Å²) in [5, 5.41) is 5.82. The summed E-state index contributed by atoms with van der Waals surface area (Å²) in [4.78, 5) is 18.1. The maximum absolute atomic E-state index is 11.8. The van der Waals surface area contributed by atoms with E-state index in [0.717, 1.165) is 22.0 Å². The number of nitrogens with one attached hydrogen (secondary N) is 1. The minimum Gasteiger partial charge on any atom is -0.345 e. The molecule has 2 aromatic rings. The van der Waals surface area contributed by atoms with Gasteiger partial charge in [-0.2, -0.15) is 0 Å². The number of carbonyl (C=O) groups is 1. The van der Waals surface area contributed by atoms with E-state index in [1.807, 2.05) is 24.4 Å². The van der Waals surface area contributed by atoms with E-state index in [1.165, 1.54) is 4.88 Å². The van der Waals surface area contributed by atoms with Crippen molar-refractivity contribution in [1.82, 2.24) is 10.3 Å². The fraction of sp³-hybridized carbons (Fsp3) is 0.333. The summed E-state index contributed by atoms with van der Waals surface area (Å²) in [6.45, 7) is 4.55. The molecule has 0 aliphatic heterocycles. The summed E-state index contributed by atoms with van der Waals surface area (Å²) in [6.07, 6.45) is 0.976. The number of nitrogens with zero attached hydrogens (tertiary/aromatic N) is 1. The fourth-order valence-corrected chi connectivity index (χ4v) is 2.99. The highest BCUT2D eigenvalue weighted by atomic mass is 32.1. The van der Waals surface area contributed by atoms with Crippen LogP contribution in [0.25, 0.3) is 0 Å². The van der Waals surface area contributed by atoms with Gasteiger partial charge in [-0.1, -0.05) is 6.92 Å². The molecule has 2 heterocycles. The van der Waals surface area contributed by atoms with Gasteiger partial charge in [0.1, 0.15) is 5.01 Å². The maximum Gasteiger partial charge on any atom is 0.261 e. The van der Waals surface area contributed by atoms with E-state index in [-0.39, 0.29) is 5.91 Å². The standard InChI is InChI=1S/C12H14N2OS2/c1-3-9-4-5-10(17-9)12(15)13-6-11-14-8(2)7-16-11/h4-5,7H,3,6H2,1-2H3,(H,13,15). The second-order valence-corrected chi connectivity index (χ2v) is 5.80. The van der Waals surface area contributed by atoms with Crippen molar-refractivity contribution in [3.63, 3.8) is 0 Å². The molecule has 90 valence electrons. The zero-order chi connectivity index (χ0) is 12.3. The number of aryl methyl sites for hydroxylation is 2. The Morgan fingerprint density at radius 3 is 2.88 bits per heavy atom. The van der Waals surface area contributed by atoms with Crippen LogP contribution >= 0.6 is 22.7 Å². The van der Waals surface area contributed by atoms with Crippen LogP contribution in [0.5, 0.6) is 0 Å². The maximum atomic E-state index is 11.8. The Balaban J connectivity index is 1.93. The molecular weight excluding hydrogens is 252 g/mol. The molecule has 0 fully saturated rings. The molecule has 0 aromatic carbocycles. The minimum absolute atomic E-state index is 0.0115. The van der Waals surface area contributed by atoms with E-state index in [2.05, 4.69) is 17.2 Å². The second-order valence-electron chi connectivity index (χ2n) is 3.68. The molecule has 1 amide bonds. The van der Waals surface area contributed by atoms with Gasteiger partial charge in [-0.05, 0) is 25.5 Å². The van der Waals surface area contributed by atoms with E-state index in [4.69, 9.17) is 0 Å². The molecule has 0 aliphatic carbocycles. The van der Waals surface area contributed by atoms with Gasteiger partial charge in [0, 0.05) is 16.0 Å². The van der Waals surface area contributed by atoms with Crippen molar-refractivity contribution in [2.45, 2.75) is 26.8 Å². The molecule has 3 nitrogen and oxygen atoms in total. The lowest BCUT2D eigenvalue weighted by Crippen LogP contribution is -2.21. The highest BCUT2D eigenvalue weighted by molar-refractivity contribution is 7.14. The fourth-order valence-electron chi connectivity index (χ4n) is 1.42. The number of hydrogen-bond donors (Lipinski definition) is 1. The summed E-state index contributed by atoms with van der Waals surface area (Å²) < 4.78 is 0. The van der Waals surface area contributed by atoms with Gasteiger partial charge in [0.2, 0.25) is 0 Å². The van der Waals surface area contributed by atoms with Crippen LogP contribution in [0.3, 0.4) is 0 Å². The van der Waals surface area contributed by atoms with Gasteiger partial charge in [-0.15, -0.1) is 22.7 Å². The van der Waals surface area contributed by atoms with Crippen molar-refractivity contribution in [3.05, 3.63) is 38.0 Å². The Hall–Kier alpha value is -1.20. The second kappa shape index (κ2) is 5.42. The first-order chi connectivity index (χ1) is 8.19. The molecule has 0 radical (unpaired) electrons. The molecule has 0 bridgehead atoms. The summed E-state index contributed by atoms with van der Waals surface area (Å²) in [7, 11) is 0. The van der Waals surface area contributed by atoms with E-state index in [9.17, 15) is 4.79 Å². The van der Waals surface area contributed by atoms with Crippen molar-refractivity contribution < 1.29 is 4.79 Å². The first-order valence-corrected chi connectivity index (χ1v) is 7.16. The monoisotopic (exact) mass is 266 g/mol. The number of amides is 1. The summed E-state index contributed by atoms with van der Waals surface area (Å²) in [5.74, 6) is -0.0115. The van der Waals surface area contributed by atoms with Gasteiger partial charge in [0.05, 0.1) is 11.4 Å². The quantitative estimate of drug-likeness (QED) is 0.924.